The zero-order chi connectivity index (χ0) is 22.1. The topological polar surface area (TPSA) is 66.6 Å². The van der Waals surface area contributed by atoms with Crippen molar-refractivity contribution in [2.45, 2.75) is 31.3 Å². The number of aliphatic hydroxyl groups excluding tert-OH is 1. The minimum absolute atomic E-state index is 0.0740. The molecule has 0 fully saturated rings. The number of amides is 1. The Labute approximate surface area is 185 Å². The lowest BCUT2D eigenvalue weighted by molar-refractivity contribution is -0.122. The quantitative estimate of drug-likeness (QED) is 0.498. The lowest BCUT2D eigenvalue weighted by Gasteiger charge is -2.32. The number of nitrogens with zero attached hydrogens (tertiary/aromatic N) is 1. The molecule has 4 nitrogen and oxygen atoms in total. The Morgan fingerprint density at radius 1 is 0.839 bits per heavy atom. The first-order valence-corrected chi connectivity index (χ1v) is 10.8. The molecule has 3 aromatic rings. The summed E-state index contributed by atoms with van der Waals surface area (Å²) < 4.78 is 0. The molecular formula is C27H32N2O2. The Morgan fingerprint density at radius 2 is 1.35 bits per heavy atom. The molecule has 0 aliphatic carbocycles. The first-order valence-electron chi connectivity index (χ1n) is 10.8. The Hall–Kier alpha value is -2.95. The van der Waals surface area contributed by atoms with E-state index in [-0.39, 0.29) is 12.5 Å². The maximum Gasteiger partial charge on any atom is 0.232 e. The maximum absolute atomic E-state index is 12.9. The van der Waals surface area contributed by atoms with Gasteiger partial charge in [-0.2, -0.15) is 0 Å². The summed E-state index contributed by atoms with van der Waals surface area (Å²) in [7, 11) is 2.11. The molecule has 3 rings (SSSR count). The van der Waals surface area contributed by atoms with E-state index in [1.807, 2.05) is 72.8 Å². The lowest BCUT2D eigenvalue weighted by Crippen LogP contribution is -2.43. The van der Waals surface area contributed by atoms with E-state index in [4.69, 9.17) is 5.73 Å². The molecule has 0 spiro atoms. The third-order valence-electron chi connectivity index (χ3n) is 6.03. The van der Waals surface area contributed by atoms with Crippen LogP contribution in [-0.4, -0.2) is 36.1 Å². The van der Waals surface area contributed by atoms with Gasteiger partial charge in [-0.15, -0.1) is 0 Å². The van der Waals surface area contributed by atoms with Crippen LogP contribution < -0.4 is 5.73 Å². The fourth-order valence-corrected chi connectivity index (χ4v) is 4.17. The number of hydrogen-bond donors (Lipinski definition) is 2. The molecule has 0 bridgehead atoms. The second kappa shape index (κ2) is 10.9. The molecule has 162 valence electrons. The van der Waals surface area contributed by atoms with Gasteiger partial charge in [0, 0.05) is 6.54 Å². The highest BCUT2D eigenvalue weighted by Crippen LogP contribution is 2.36. The lowest BCUT2D eigenvalue weighted by atomic mass is 9.70. The molecule has 0 radical (unpaired) electrons. The summed E-state index contributed by atoms with van der Waals surface area (Å²) in [5, 5.41) is 9.17. The number of nitrogens with two attached hydrogens (primary N) is 1. The number of benzene rings is 3. The van der Waals surface area contributed by atoms with Crippen molar-refractivity contribution in [3.05, 3.63) is 107 Å². The zero-order valence-electron chi connectivity index (χ0n) is 18.2. The number of carbonyl (C=O) groups is 1. The Kier molecular flexibility index (Phi) is 7.99. The standard InChI is InChI=1S/C27H32N2O2/c1-29(20-17-22-13-15-23(21-30)16-14-22)19-8-18-27(26(28)31,24-9-4-2-5-10-24)25-11-6-3-7-12-25/h2-7,9-16,30H,8,17-21H2,1H3,(H2,28,31). The minimum atomic E-state index is -0.830. The SMILES string of the molecule is CN(CCCC(C(N)=O)(c1ccccc1)c1ccccc1)CCc1ccc(CO)cc1. The molecule has 1 amide bonds. The van der Waals surface area contributed by atoms with E-state index < -0.39 is 5.41 Å². The van der Waals surface area contributed by atoms with Crippen LogP contribution in [-0.2, 0) is 23.2 Å². The van der Waals surface area contributed by atoms with Gasteiger partial charge in [-0.3, -0.25) is 4.79 Å². The first-order chi connectivity index (χ1) is 15.1. The van der Waals surface area contributed by atoms with Gasteiger partial charge in [0.1, 0.15) is 0 Å². The van der Waals surface area contributed by atoms with Gasteiger partial charge in [-0.1, -0.05) is 84.9 Å². The van der Waals surface area contributed by atoms with Crippen molar-refractivity contribution in [1.29, 1.82) is 0 Å². The summed E-state index contributed by atoms with van der Waals surface area (Å²) in [4.78, 5) is 15.1. The van der Waals surface area contributed by atoms with Crippen LogP contribution in [0.4, 0.5) is 0 Å². The Balaban J connectivity index is 1.67. The van der Waals surface area contributed by atoms with Crippen molar-refractivity contribution in [1.82, 2.24) is 4.90 Å². The molecule has 0 atom stereocenters. The second-order valence-electron chi connectivity index (χ2n) is 8.13. The fraction of sp³-hybridized carbons (Fsp3) is 0.296. The summed E-state index contributed by atoms with van der Waals surface area (Å²) in [6.45, 7) is 1.88. The number of aliphatic hydroxyl groups is 1. The van der Waals surface area contributed by atoms with E-state index in [1.54, 1.807) is 0 Å². The van der Waals surface area contributed by atoms with Crippen molar-refractivity contribution in [2.75, 3.05) is 20.1 Å². The maximum atomic E-state index is 12.9. The average Bonchev–Trinajstić information content (AvgIpc) is 2.82. The number of hydrogen-bond acceptors (Lipinski definition) is 3. The first kappa shape index (κ1) is 22.7. The van der Waals surface area contributed by atoms with Gasteiger partial charge < -0.3 is 15.7 Å². The summed E-state index contributed by atoms with van der Waals surface area (Å²) in [6.07, 6.45) is 2.46. The van der Waals surface area contributed by atoms with E-state index >= 15 is 0 Å². The largest absolute Gasteiger partial charge is 0.392 e. The number of likely N-dealkylation sites (N-methyl/N-ethyl adjacent to an activating group) is 1. The fourth-order valence-electron chi connectivity index (χ4n) is 4.17. The highest BCUT2D eigenvalue weighted by molar-refractivity contribution is 5.90. The van der Waals surface area contributed by atoms with Crippen molar-refractivity contribution in [3.63, 3.8) is 0 Å². The van der Waals surface area contributed by atoms with Gasteiger partial charge >= 0.3 is 0 Å². The summed E-state index contributed by atoms with van der Waals surface area (Å²) in [6, 6.07) is 27.8. The van der Waals surface area contributed by atoms with Crippen molar-refractivity contribution < 1.29 is 9.90 Å². The van der Waals surface area contributed by atoms with Gasteiger partial charge in [0.2, 0.25) is 5.91 Å². The molecule has 3 aromatic carbocycles. The summed E-state index contributed by atoms with van der Waals surface area (Å²) in [5.41, 5.74) is 9.29. The third kappa shape index (κ3) is 5.60. The van der Waals surface area contributed by atoms with Gasteiger partial charge in [-0.05, 0) is 55.1 Å². The van der Waals surface area contributed by atoms with Crippen LogP contribution in [0.3, 0.4) is 0 Å². The molecule has 0 aliphatic heterocycles. The highest BCUT2D eigenvalue weighted by atomic mass is 16.3. The highest BCUT2D eigenvalue weighted by Gasteiger charge is 2.39. The molecule has 0 saturated heterocycles. The van der Waals surface area contributed by atoms with Crippen LogP contribution in [0.15, 0.2) is 84.9 Å². The predicted octanol–water partition coefficient (Wildman–Crippen LogP) is 3.91. The molecule has 4 heteroatoms. The van der Waals surface area contributed by atoms with Crippen molar-refractivity contribution in [2.24, 2.45) is 5.73 Å². The molecule has 3 N–H and O–H groups in total. The minimum Gasteiger partial charge on any atom is -0.392 e. The van der Waals surface area contributed by atoms with E-state index in [0.29, 0.717) is 6.42 Å². The molecule has 0 saturated carbocycles. The predicted molar refractivity (Wildman–Crippen MR) is 126 cm³/mol. The van der Waals surface area contributed by atoms with Crippen LogP contribution in [0.5, 0.6) is 0 Å². The van der Waals surface area contributed by atoms with Crippen molar-refractivity contribution >= 4 is 5.91 Å². The number of primary amides is 1. The summed E-state index contributed by atoms with van der Waals surface area (Å²) >= 11 is 0. The Bertz CT molecular complexity index is 900. The van der Waals surface area contributed by atoms with Crippen LogP contribution >= 0.6 is 0 Å². The van der Waals surface area contributed by atoms with E-state index in [2.05, 4.69) is 24.1 Å². The van der Waals surface area contributed by atoms with Crippen LogP contribution in [0.25, 0.3) is 0 Å². The molecule has 0 aromatic heterocycles. The van der Waals surface area contributed by atoms with Crippen LogP contribution in [0.2, 0.25) is 0 Å². The average molecular weight is 417 g/mol. The van der Waals surface area contributed by atoms with Gasteiger partial charge in [0.05, 0.1) is 12.0 Å². The second-order valence-corrected chi connectivity index (χ2v) is 8.13. The molecule has 0 aliphatic rings. The molecule has 0 heterocycles. The third-order valence-corrected chi connectivity index (χ3v) is 6.03. The smallest absolute Gasteiger partial charge is 0.232 e. The zero-order valence-corrected chi connectivity index (χ0v) is 18.2. The van der Waals surface area contributed by atoms with Crippen LogP contribution in [0, 0.1) is 0 Å². The monoisotopic (exact) mass is 416 g/mol. The molecule has 31 heavy (non-hydrogen) atoms. The molecule has 0 unspecified atom stereocenters. The normalized spacial score (nSPS) is 11.6. The Morgan fingerprint density at radius 3 is 1.84 bits per heavy atom. The van der Waals surface area contributed by atoms with Gasteiger partial charge in [-0.25, -0.2) is 0 Å². The van der Waals surface area contributed by atoms with E-state index in [9.17, 15) is 9.90 Å². The van der Waals surface area contributed by atoms with Crippen molar-refractivity contribution in [3.8, 4) is 0 Å². The molecular weight excluding hydrogens is 384 g/mol. The number of carbonyl (C=O) groups excluding carboxylic acids is 1. The van der Waals surface area contributed by atoms with E-state index in [0.717, 1.165) is 42.6 Å². The van der Waals surface area contributed by atoms with E-state index in [1.165, 1.54) is 5.56 Å². The van der Waals surface area contributed by atoms with Crippen LogP contribution in [0.1, 0.15) is 35.1 Å². The van der Waals surface area contributed by atoms with Gasteiger partial charge in [0.15, 0.2) is 0 Å². The van der Waals surface area contributed by atoms with Gasteiger partial charge in [0.25, 0.3) is 0 Å². The summed E-state index contributed by atoms with van der Waals surface area (Å²) in [5.74, 6) is -0.309. The number of rotatable bonds is 11.